The van der Waals surface area contributed by atoms with E-state index in [2.05, 4.69) is 19.2 Å². The molecule has 0 spiro atoms. The van der Waals surface area contributed by atoms with Crippen LogP contribution in [0, 0.1) is 0 Å². The summed E-state index contributed by atoms with van der Waals surface area (Å²) < 4.78 is 0. The van der Waals surface area contributed by atoms with Crippen LogP contribution in [0.4, 0.5) is 0 Å². The molecule has 0 bridgehead atoms. The van der Waals surface area contributed by atoms with Gasteiger partial charge >= 0.3 is 0 Å². The van der Waals surface area contributed by atoms with Gasteiger partial charge < -0.3 is 0 Å². The van der Waals surface area contributed by atoms with Crippen LogP contribution in [0.5, 0.6) is 0 Å². The average Bonchev–Trinajstić information content (AvgIpc) is 2.03. The second-order valence-corrected chi connectivity index (χ2v) is 3.09. The summed E-state index contributed by atoms with van der Waals surface area (Å²) in [6.07, 6.45) is 7.92. The molecule has 0 rings (SSSR count). The minimum Gasteiger partial charge on any atom is -0.0654 e. The summed E-state index contributed by atoms with van der Waals surface area (Å²) in [5.41, 5.74) is 0. The van der Waals surface area contributed by atoms with E-state index in [0.717, 1.165) is 13.1 Å². The number of nitrogens with zero attached hydrogens (tertiary/aromatic N) is 1. The second-order valence-electron chi connectivity index (χ2n) is 3.09. The quantitative estimate of drug-likeness (QED) is 0.480. The highest BCUT2D eigenvalue weighted by Gasteiger charge is 2.00. The van der Waals surface area contributed by atoms with Crippen LogP contribution in [0.15, 0.2) is 0 Å². The van der Waals surface area contributed by atoms with E-state index in [4.69, 9.17) is 0 Å². The maximum atomic E-state index is 4.43. The summed E-state index contributed by atoms with van der Waals surface area (Å²) in [7, 11) is 0. The summed E-state index contributed by atoms with van der Waals surface area (Å²) >= 11 is 0. The van der Waals surface area contributed by atoms with Crippen LogP contribution in [0.1, 0.15) is 52.4 Å². The lowest BCUT2D eigenvalue weighted by Crippen LogP contribution is -2.07. The summed E-state index contributed by atoms with van der Waals surface area (Å²) in [5, 5.41) is 4.43. The lowest BCUT2D eigenvalue weighted by atomic mass is 10.2. The van der Waals surface area contributed by atoms with Gasteiger partial charge in [-0.2, -0.15) is 0 Å². The Morgan fingerprint density at radius 3 is 2.00 bits per heavy atom. The Labute approximate surface area is 71.6 Å². The van der Waals surface area contributed by atoms with Crippen LogP contribution in [0.2, 0.25) is 0 Å². The molecule has 0 N–H and O–H groups in total. The summed E-state index contributed by atoms with van der Waals surface area (Å²) in [6, 6.07) is 0. The molecule has 0 aromatic rings. The van der Waals surface area contributed by atoms with E-state index in [1.54, 1.807) is 0 Å². The molecule has 0 atom stereocenters. The van der Waals surface area contributed by atoms with E-state index in [0.29, 0.717) is 0 Å². The molecule has 0 aromatic carbocycles. The normalized spacial score (nSPS) is 10.4. The molecule has 0 unspecified atom stereocenters. The Bertz CT molecular complexity index is 53.9. The highest BCUT2D eigenvalue weighted by atomic mass is 14.8. The van der Waals surface area contributed by atoms with Crippen molar-refractivity contribution in [1.82, 2.24) is 5.32 Å². The van der Waals surface area contributed by atoms with Gasteiger partial charge in [-0.15, -0.1) is 0 Å². The van der Waals surface area contributed by atoms with Crippen molar-refractivity contribution in [3.05, 3.63) is 0 Å². The highest BCUT2D eigenvalue weighted by molar-refractivity contribution is 4.47. The minimum absolute atomic E-state index is 1.09. The van der Waals surface area contributed by atoms with Crippen molar-refractivity contribution in [2.24, 2.45) is 0 Å². The van der Waals surface area contributed by atoms with Crippen molar-refractivity contribution in [1.29, 1.82) is 0 Å². The van der Waals surface area contributed by atoms with E-state index in [1.807, 2.05) is 0 Å². The third-order valence-electron chi connectivity index (χ3n) is 1.84. The first-order valence-electron chi connectivity index (χ1n) is 5.05. The third kappa shape index (κ3) is 9.96. The van der Waals surface area contributed by atoms with E-state index in [1.165, 1.54) is 38.5 Å². The van der Waals surface area contributed by atoms with Gasteiger partial charge in [0.05, 0.1) is 5.32 Å². The zero-order chi connectivity index (χ0) is 8.36. The maximum absolute atomic E-state index is 4.43. The molecule has 0 aliphatic carbocycles. The second kappa shape index (κ2) is 9.96. The van der Waals surface area contributed by atoms with Gasteiger partial charge in [-0.1, -0.05) is 33.1 Å². The van der Waals surface area contributed by atoms with Crippen molar-refractivity contribution in [2.75, 3.05) is 13.1 Å². The molecule has 0 saturated heterocycles. The standard InChI is InChI=1S/C10H22N/c1-3-5-7-8-10-11-9-6-4-2/h3-10H2,1-2H3/q+1. The molecule has 11 heavy (non-hydrogen) atoms. The topological polar surface area (TPSA) is 14.1 Å². The van der Waals surface area contributed by atoms with E-state index < -0.39 is 0 Å². The number of unbranched alkanes of at least 4 members (excludes halogenated alkanes) is 4. The highest BCUT2D eigenvalue weighted by Crippen LogP contribution is 1.97. The first-order valence-corrected chi connectivity index (χ1v) is 5.05. The Kier molecular flexibility index (Phi) is 9.92. The number of hydrogen-bond acceptors (Lipinski definition) is 0. The van der Waals surface area contributed by atoms with Gasteiger partial charge in [0.25, 0.3) is 0 Å². The fraction of sp³-hybridized carbons (Fsp3) is 1.00. The Morgan fingerprint density at radius 1 is 0.727 bits per heavy atom. The molecule has 0 aliphatic heterocycles. The van der Waals surface area contributed by atoms with Gasteiger partial charge in [0.15, 0.2) is 13.1 Å². The van der Waals surface area contributed by atoms with E-state index in [-0.39, 0.29) is 0 Å². The Morgan fingerprint density at radius 2 is 1.36 bits per heavy atom. The zero-order valence-electron chi connectivity index (χ0n) is 8.10. The zero-order valence-corrected chi connectivity index (χ0v) is 8.10. The number of hydrogen-bond donors (Lipinski definition) is 0. The lowest BCUT2D eigenvalue weighted by Gasteiger charge is -1.90. The van der Waals surface area contributed by atoms with Crippen molar-refractivity contribution >= 4 is 0 Å². The average molecular weight is 156 g/mol. The molecule has 0 aliphatic rings. The van der Waals surface area contributed by atoms with Crippen LogP contribution >= 0.6 is 0 Å². The van der Waals surface area contributed by atoms with E-state index >= 15 is 0 Å². The Balaban J connectivity index is 2.69. The molecule has 1 nitrogen and oxygen atoms in total. The SMILES string of the molecule is CCCCCC[N+]CCCC. The van der Waals surface area contributed by atoms with Gasteiger partial charge in [0.2, 0.25) is 0 Å². The van der Waals surface area contributed by atoms with Crippen molar-refractivity contribution in [3.63, 3.8) is 0 Å². The molecular weight excluding hydrogens is 134 g/mol. The fourth-order valence-corrected chi connectivity index (χ4v) is 1.03. The Hall–Kier alpha value is -0.0400. The fourth-order valence-electron chi connectivity index (χ4n) is 1.03. The predicted octanol–water partition coefficient (Wildman–Crippen LogP) is 2.97. The molecule has 0 amide bonds. The molecule has 0 heterocycles. The third-order valence-corrected chi connectivity index (χ3v) is 1.84. The minimum atomic E-state index is 1.09. The molecule has 0 saturated carbocycles. The van der Waals surface area contributed by atoms with Crippen LogP contribution in [0.25, 0.3) is 0 Å². The lowest BCUT2D eigenvalue weighted by molar-refractivity contribution is 0.574. The van der Waals surface area contributed by atoms with Crippen molar-refractivity contribution in [2.45, 2.75) is 52.4 Å². The largest absolute Gasteiger partial charge is 0.183 e. The van der Waals surface area contributed by atoms with Gasteiger partial charge in [0.1, 0.15) is 0 Å². The summed E-state index contributed by atoms with van der Waals surface area (Å²) in [6.45, 7) is 6.64. The molecule has 2 radical (unpaired) electrons. The molecule has 66 valence electrons. The van der Waals surface area contributed by atoms with Crippen LogP contribution in [0.3, 0.4) is 0 Å². The number of rotatable bonds is 8. The van der Waals surface area contributed by atoms with Gasteiger partial charge in [-0.3, -0.25) is 0 Å². The summed E-state index contributed by atoms with van der Waals surface area (Å²) in [4.78, 5) is 0. The smallest absolute Gasteiger partial charge is 0.0654 e. The van der Waals surface area contributed by atoms with Gasteiger partial charge in [-0.25, -0.2) is 0 Å². The van der Waals surface area contributed by atoms with Gasteiger partial charge in [0, 0.05) is 12.8 Å². The van der Waals surface area contributed by atoms with Crippen LogP contribution < -0.4 is 5.32 Å². The summed E-state index contributed by atoms with van der Waals surface area (Å²) in [5.74, 6) is 0. The van der Waals surface area contributed by atoms with Crippen LogP contribution in [-0.2, 0) is 0 Å². The molecule has 0 aromatic heterocycles. The van der Waals surface area contributed by atoms with Crippen LogP contribution in [-0.4, -0.2) is 13.1 Å². The molecule has 1 heteroatoms. The monoisotopic (exact) mass is 156 g/mol. The predicted molar refractivity (Wildman–Crippen MR) is 50.9 cm³/mol. The first kappa shape index (κ1) is 11.0. The van der Waals surface area contributed by atoms with Gasteiger partial charge in [-0.05, 0) is 6.42 Å². The molecular formula is C10H22N+. The van der Waals surface area contributed by atoms with E-state index in [9.17, 15) is 0 Å². The molecule has 0 fully saturated rings. The van der Waals surface area contributed by atoms with Crippen molar-refractivity contribution < 1.29 is 0 Å². The maximum Gasteiger partial charge on any atom is 0.183 e. The van der Waals surface area contributed by atoms with Crippen molar-refractivity contribution in [3.8, 4) is 0 Å². The first-order chi connectivity index (χ1) is 5.41.